The van der Waals surface area contributed by atoms with Gasteiger partial charge in [0.05, 0.1) is 5.75 Å². The maximum absolute atomic E-state index is 10.7. The zero-order valence-electron chi connectivity index (χ0n) is 10.5. The van der Waals surface area contributed by atoms with Crippen molar-refractivity contribution in [3.05, 3.63) is 33.7 Å². The van der Waals surface area contributed by atoms with Gasteiger partial charge in [-0.05, 0) is 59.7 Å². The van der Waals surface area contributed by atoms with Gasteiger partial charge < -0.3 is 5.11 Å². The van der Waals surface area contributed by atoms with Crippen LogP contribution < -0.4 is 0 Å². The van der Waals surface area contributed by atoms with Gasteiger partial charge in [0.2, 0.25) is 0 Å². The van der Waals surface area contributed by atoms with Gasteiger partial charge in [-0.3, -0.25) is 9.36 Å². The van der Waals surface area contributed by atoms with E-state index in [0.717, 1.165) is 27.9 Å². The highest BCUT2D eigenvalue weighted by Gasteiger charge is 2.31. The number of benzene rings is 1. The molecule has 1 heterocycles. The number of halogens is 1. The second-order valence-electron chi connectivity index (χ2n) is 4.61. The molecule has 0 saturated heterocycles. The number of hydrogen-bond acceptors (Lipinski definition) is 4. The monoisotopic (exact) mass is 401 g/mol. The van der Waals surface area contributed by atoms with E-state index in [4.69, 9.17) is 5.11 Å². The largest absolute Gasteiger partial charge is 0.481 e. The fraction of sp³-hybridized carbons (Fsp3) is 0.308. The van der Waals surface area contributed by atoms with E-state index in [-0.39, 0.29) is 5.75 Å². The average Bonchev–Trinajstić information content (AvgIpc) is 3.18. The summed E-state index contributed by atoms with van der Waals surface area (Å²) in [4.78, 5) is 10.7. The first-order valence-electron chi connectivity index (χ1n) is 6.21. The van der Waals surface area contributed by atoms with Crippen molar-refractivity contribution in [2.45, 2.75) is 23.9 Å². The van der Waals surface area contributed by atoms with E-state index in [1.807, 2.05) is 28.8 Å². The zero-order chi connectivity index (χ0) is 14.1. The summed E-state index contributed by atoms with van der Waals surface area (Å²) in [5.74, 6) is 0.549. The number of nitrogens with zero attached hydrogens (tertiary/aromatic N) is 3. The summed E-state index contributed by atoms with van der Waals surface area (Å²) in [5.41, 5.74) is 0.991. The van der Waals surface area contributed by atoms with Gasteiger partial charge in [0.1, 0.15) is 5.82 Å². The quantitative estimate of drug-likeness (QED) is 0.617. The Bertz CT molecular complexity index is 638. The minimum absolute atomic E-state index is 0.00678. The molecule has 1 aliphatic rings. The molecular formula is C13H12IN3O2S. The molecule has 104 valence electrons. The molecule has 0 aliphatic heterocycles. The van der Waals surface area contributed by atoms with E-state index in [1.54, 1.807) is 0 Å². The number of aromatic nitrogens is 3. The summed E-state index contributed by atoms with van der Waals surface area (Å²) >= 11 is 3.47. The third-order valence-electron chi connectivity index (χ3n) is 3.01. The fourth-order valence-electron chi connectivity index (χ4n) is 1.94. The SMILES string of the molecule is O=C(O)CSc1nnc(C2CC2)n1-c1ccc(I)cc1. The summed E-state index contributed by atoms with van der Waals surface area (Å²) in [7, 11) is 0. The van der Waals surface area contributed by atoms with Crippen molar-refractivity contribution in [3.63, 3.8) is 0 Å². The molecule has 1 saturated carbocycles. The van der Waals surface area contributed by atoms with Gasteiger partial charge in [-0.2, -0.15) is 0 Å². The number of rotatable bonds is 5. The maximum Gasteiger partial charge on any atom is 0.313 e. The third kappa shape index (κ3) is 2.98. The fourth-order valence-corrected chi connectivity index (χ4v) is 2.98. The maximum atomic E-state index is 10.7. The minimum Gasteiger partial charge on any atom is -0.481 e. The standard InChI is InChI=1S/C13H12IN3O2S/c14-9-3-5-10(6-4-9)17-12(8-1-2-8)15-16-13(17)20-7-11(18)19/h3-6,8H,1-2,7H2,(H,18,19). The molecule has 20 heavy (non-hydrogen) atoms. The predicted octanol–water partition coefficient (Wildman–Crippen LogP) is 2.93. The molecule has 2 aromatic rings. The molecule has 3 rings (SSSR count). The summed E-state index contributed by atoms with van der Waals surface area (Å²) < 4.78 is 3.15. The van der Waals surface area contributed by atoms with Gasteiger partial charge in [-0.25, -0.2) is 0 Å². The number of hydrogen-bond donors (Lipinski definition) is 1. The first kappa shape index (κ1) is 13.9. The second kappa shape index (κ2) is 5.72. The van der Waals surface area contributed by atoms with Gasteiger partial charge in [0, 0.05) is 15.2 Å². The van der Waals surface area contributed by atoms with Crippen LogP contribution in [0.4, 0.5) is 0 Å². The number of carboxylic acid groups (broad SMARTS) is 1. The second-order valence-corrected chi connectivity index (χ2v) is 6.80. The molecule has 1 aromatic carbocycles. The summed E-state index contributed by atoms with van der Waals surface area (Å²) in [6, 6.07) is 8.08. The Balaban J connectivity index is 1.98. The summed E-state index contributed by atoms with van der Waals surface area (Å²) in [6.07, 6.45) is 2.26. The molecule has 1 aliphatic carbocycles. The van der Waals surface area contributed by atoms with Crippen molar-refractivity contribution in [2.75, 3.05) is 5.75 Å². The van der Waals surface area contributed by atoms with Crippen LogP contribution in [0.2, 0.25) is 0 Å². The lowest BCUT2D eigenvalue weighted by Crippen LogP contribution is -2.04. The van der Waals surface area contributed by atoms with Crippen LogP contribution in [0.5, 0.6) is 0 Å². The summed E-state index contributed by atoms with van der Waals surface area (Å²) in [5, 5.41) is 17.9. The topological polar surface area (TPSA) is 68.0 Å². The Morgan fingerprint density at radius 2 is 2.05 bits per heavy atom. The Morgan fingerprint density at radius 1 is 1.35 bits per heavy atom. The van der Waals surface area contributed by atoms with Crippen LogP contribution in [0, 0.1) is 3.57 Å². The lowest BCUT2D eigenvalue weighted by molar-refractivity contribution is -0.133. The van der Waals surface area contributed by atoms with Crippen LogP contribution in [0.15, 0.2) is 29.4 Å². The van der Waals surface area contributed by atoms with Crippen LogP contribution in [-0.2, 0) is 4.79 Å². The Kier molecular flexibility index (Phi) is 3.97. The number of aliphatic carboxylic acids is 1. The van der Waals surface area contributed by atoms with E-state index < -0.39 is 5.97 Å². The number of carbonyl (C=O) groups is 1. The highest BCUT2D eigenvalue weighted by molar-refractivity contribution is 14.1. The van der Waals surface area contributed by atoms with Crippen LogP contribution in [0.25, 0.3) is 5.69 Å². The molecule has 1 N–H and O–H groups in total. The lowest BCUT2D eigenvalue weighted by Gasteiger charge is -2.09. The highest BCUT2D eigenvalue weighted by Crippen LogP contribution is 2.41. The van der Waals surface area contributed by atoms with Gasteiger partial charge >= 0.3 is 5.97 Å². The van der Waals surface area contributed by atoms with Gasteiger partial charge in [-0.1, -0.05) is 11.8 Å². The van der Waals surface area contributed by atoms with Crippen LogP contribution in [0.3, 0.4) is 0 Å². The molecule has 1 aromatic heterocycles. The van der Waals surface area contributed by atoms with Crippen molar-refractivity contribution >= 4 is 40.3 Å². The normalized spacial score (nSPS) is 14.4. The average molecular weight is 401 g/mol. The molecule has 0 atom stereocenters. The molecule has 5 nitrogen and oxygen atoms in total. The van der Waals surface area contributed by atoms with E-state index in [0.29, 0.717) is 11.1 Å². The minimum atomic E-state index is -0.847. The van der Waals surface area contributed by atoms with E-state index >= 15 is 0 Å². The van der Waals surface area contributed by atoms with Gasteiger partial charge in [0.15, 0.2) is 5.16 Å². The zero-order valence-corrected chi connectivity index (χ0v) is 13.5. The molecule has 1 fully saturated rings. The van der Waals surface area contributed by atoms with E-state index in [2.05, 4.69) is 32.8 Å². The summed E-state index contributed by atoms with van der Waals surface area (Å²) in [6.45, 7) is 0. The lowest BCUT2D eigenvalue weighted by atomic mass is 10.3. The predicted molar refractivity (Wildman–Crippen MR) is 84.4 cm³/mol. The molecular weight excluding hydrogens is 389 g/mol. The van der Waals surface area contributed by atoms with E-state index in [1.165, 1.54) is 11.8 Å². The van der Waals surface area contributed by atoms with Crippen LogP contribution in [0.1, 0.15) is 24.6 Å². The van der Waals surface area contributed by atoms with Crippen molar-refractivity contribution < 1.29 is 9.90 Å². The van der Waals surface area contributed by atoms with Crippen molar-refractivity contribution in [1.82, 2.24) is 14.8 Å². The molecule has 0 radical (unpaired) electrons. The Hall–Kier alpha value is -1.09. The van der Waals surface area contributed by atoms with Crippen molar-refractivity contribution in [1.29, 1.82) is 0 Å². The molecule has 0 amide bonds. The van der Waals surface area contributed by atoms with Crippen LogP contribution >= 0.6 is 34.4 Å². The Labute approximate surface area is 133 Å². The van der Waals surface area contributed by atoms with Gasteiger partial charge in [-0.15, -0.1) is 10.2 Å². The van der Waals surface area contributed by atoms with Crippen molar-refractivity contribution in [2.24, 2.45) is 0 Å². The molecule has 7 heteroatoms. The Morgan fingerprint density at radius 3 is 2.65 bits per heavy atom. The van der Waals surface area contributed by atoms with Crippen molar-refractivity contribution in [3.8, 4) is 5.69 Å². The molecule has 0 spiro atoms. The molecule has 0 unspecified atom stereocenters. The third-order valence-corrected chi connectivity index (χ3v) is 4.64. The van der Waals surface area contributed by atoms with E-state index in [9.17, 15) is 4.79 Å². The number of carboxylic acids is 1. The highest BCUT2D eigenvalue weighted by atomic mass is 127. The first-order chi connectivity index (χ1) is 9.65. The smallest absolute Gasteiger partial charge is 0.313 e. The molecule has 0 bridgehead atoms. The number of thioether (sulfide) groups is 1. The van der Waals surface area contributed by atoms with Gasteiger partial charge in [0.25, 0.3) is 0 Å². The first-order valence-corrected chi connectivity index (χ1v) is 8.27. The van der Waals surface area contributed by atoms with Crippen LogP contribution in [-0.4, -0.2) is 31.6 Å².